The molecule has 1 saturated heterocycles. The van der Waals surface area contributed by atoms with Crippen molar-refractivity contribution in [2.45, 2.75) is 43.4 Å². The minimum atomic E-state index is -0.506. The minimum absolute atomic E-state index is 0.0195. The average Bonchev–Trinajstić information content (AvgIpc) is 3.56. The van der Waals surface area contributed by atoms with Crippen molar-refractivity contribution >= 4 is 22.9 Å². The molecule has 1 aromatic carbocycles. The predicted octanol–water partition coefficient (Wildman–Crippen LogP) is 4.21. The lowest BCUT2D eigenvalue weighted by molar-refractivity contribution is 0.0363. The highest BCUT2D eigenvalue weighted by Crippen LogP contribution is 2.44. The molecular formula is C25H26N3O3S. The molecule has 1 aliphatic heterocycles. The highest BCUT2D eigenvalue weighted by molar-refractivity contribution is 7.12. The first-order valence-electron chi connectivity index (χ1n) is 11.0. The van der Waals surface area contributed by atoms with Gasteiger partial charge < -0.3 is 15.2 Å². The number of nitrogens with zero attached hydrogens (tertiary/aromatic N) is 2. The molecule has 3 aromatic rings. The van der Waals surface area contributed by atoms with E-state index < -0.39 is 11.7 Å². The van der Waals surface area contributed by atoms with E-state index in [4.69, 9.17) is 4.74 Å². The lowest BCUT2D eigenvalue weighted by Crippen LogP contribution is -2.25. The van der Waals surface area contributed by atoms with Gasteiger partial charge in [0, 0.05) is 18.8 Å². The smallest absolute Gasteiger partial charge is 0.208 e. The van der Waals surface area contributed by atoms with E-state index in [2.05, 4.69) is 34.3 Å². The van der Waals surface area contributed by atoms with E-state index in [1.54, 1.807) is 6.20 Å². The number of aromatic nitrogens is 2. The molecule has 2 aliphatic rings. The zero-order chi connectivity index (χ0) is 22.1. The summed E-state index contributed by atoms with van der Waals surface area (Å²) in [5, 5.41) is 15.4. The highest BCUT2D eigenvalue weighted by Gasteiger charge is 2.40. The second-order valence-corrected chi connectivity index (χ2v) is 9.51. The molecule has 1 aliphatic carbocycles. The number of aliphatic hydroxyl groups is 1. The Kier molecular flexibility index (Phi) is 5.80. The Labute approximate surface area is 191 Å². The number of ether oxygens (including phenoxy) is 1. The molecule has 1 saturated carbocycles. The molecule has 2 N–H and O–H groups in total. The quantitative estimate of drug-likeness (QED) is 0.550. The van der Waals surface area contributed by atoms with Gasteiger partial charge in [-0.2, -0.15) is 0 Å². The molecule has 0 bridgehead atoms. The van der Waals surface area contributed by atoms with Gasteiger partial charge in [0.25, 0.3) is 0 Å². The molecule has 0 unspecified atom stereocenters. The molecule has 32 heavy (non-hydrogen) atoms. The molecule has 2 fully saturated rings. The van der Waals surface area contributed by atoms with E-state index in [1.165, 1.54) is 17.7 Å². The number of nitrogens with one attached hydrogen (secondary N) is 1. The predicted molar refractivity (Wildman–Crippen MR) is 124 cm³/mol. The average molecular weight is 449 g/mol. The molecule has 1 radical (unpaired) electrons. The second kappa shape index (κ2) is 8.73. The third-order valence-electron chi connectivity index (χ3n) is 6.51. The van der Waals surface area contributed by atoms with Gasteiger partial charge in [0.2, 0.25) is 5.78 Å². The second-order valence-electron chi connectivity index (χ2n) is 8.60. The number of carbonyl (C=O) groups excluding carboxylic acids is 1. The van der Waals surface area contributed by atoms with Gasteiger partial charge in [0.1, 0.15) is 17.7 Å². The van der Waals surface area contributed by atoms with Crippen LogP contribution in [0.15, 0.2) is 54.3 Å². The number of benzene rings is 1. The molecule has 5 rings (SSSR count). The largest absolute Gasteiger partial charge is 0.393 e. The normalized spacial score (nSPS) is 27.5. The van der Waals surface area contributed by atoms with Crippen molar-refractivity contribution in [3.63, 3.8) is 0 Å². The van der Waals surface area contributed by atoms with Crippen molar-refractivity contribution in [3.8, 4) is 0 Å². The molecular weight excluding hydrogens is 422 g/mol. The first-order chi connectivity index (χ1) is 15.6. The Hall–Kier alpha value is -2.61. The van der Waals surface area contributed by atoms with E-state index in [0.717, 1.165) is 30.4 Å². The lowest BCUT2D eigenvalue weighted by Gasteiger charge is -2.28. The molecule has 0 spiro atoms. The number of hydrogen-bond acceptors (Lipinski definition) is 7. The van der Waals surface area contributed by atoms with Crippen LogP contribution in [0.1, 0.15) is 52.0 Å². The molecule has 4 atom stereocenters. The van der Waals surface area contributed by atoms with Gasteiger partial charge in [0.05, 0.1) is 16.5 Å². The Morgan fingerprint density at radius 3 is 2.81 bits per heavy atom. The van der Waals surface area contributed by atoms with Crippen molar-refractivity contribution in [1.29, 1.82) is 0 Å². The maximum Gasteiger partial charge on any atom is 0.208 e. The fourth-order valence-corrected chi connectivity index (χ4v) is 5.72. The summed E-state index contributed by atoms with van der Waals surface area (Å²) in [5.41, 5.74) is 2.05. The molecule has 0 amide bonds. The summed E-state index contributed by atoms with van der Waals surface area (Å²) in [7, 11) is 0. The molecule has 2 aromatic heterocycles. The van der Waals surface area contributed by atoms with E-state index in [-0.39, 0.29) is 17.7 Å². The van der Waals surface area contributed by atoms with Gasteiger partial charge in [0.15, 0.2) is 0 Å². The van der Waals surface area contributed by atoms with E-state index in [9.17, 15) is 9.90 Å². The first kappa shape index (κ1) is 21.2. The summed E-state index contributed by atoms with van der Waals surface area (Å²) in [6.07, 6.45) is 5.75. The zero-order valence-electron chi connectivity index (χ0n) is 17.7. The third-order valence-corrected chi connectivity index (χ3v) is 7.44. The first-order valence-corrected chi connectivity index (χ1v) is 11.9. The monoisotopic (exact) mass is 448 g/mol. The summed E-state index contributed by atoms with van der Waals surface area (Å²) in [4.78, 5) is 22.5. The van der Waals surface area contributed by atoms with Crippen LogP contribution in [0.3, 0.4) is 0 Å². The maximum absolute atomic E-state index is 13.4. The maximum atomic E-state index is 13.4. The van der Waals surface area contributed by atoms with Gasteiger partial charge >= 0.3 is 0 Å². The van der Waals surface area contributed by atoms with Crippen LogP contribution in [0.2, 0.25) is 0 Å². The Balaban J connectivity index is 1.42. The van der Waals surface area contributed by atoms with E-state index in [1.807, 2.05) is 29.6 Å². The van der Waals surface area contributed by atoms with Crippen molar-refractivity contribution < 1.29 is 14.6 Å². The molecule has 6 nitrogen and oxygen atoms in total. The summed E-state index contributed by atoms with van der Waals surface area (Å²) in [5.74, 6) is 0.366. The minimum Gasteiger partial charge on any atom is -0.393 e. The SMILES string of the molecule is [CH2][C@@H]1C[C@@H](Nc2ncncc2C(=O)c2cc([C@@]3(c4ccccc4)CCCO3)cs2)C[C@@H]1O. The van der Waals surface area contributed by atoms with Crippen molar-refractivity contribution in [3.05, 3.63) is 82.8 Å². The van der Waals surface area contributed by atoms with Gasteiger partial charge in [-0.25, -0.2) is 9.97 Å². The van der Waals surface area contributed by atoms with Gasteiger partial charge in [-0.15, -0.1) is 11.3 Å². The number of thiophene rings is 1. The number of hydrogen-bond donors (Lipinski definition) is 2. The number of anilines is 1. The Morgan fingerprint density at radius 2 is 2.09 bits per heavy atom. The van der Waals surface area contributed by atoms with Crippen LogP contribution in [0.4, 0.5) is 5.82 Å². The van der Waals surface area contributed by atoms with Crippen LogP contribution >= 0.6 is 11.3 Å². The number of aliphatic hydroxyl groups excluding tert-OH is 1. The van der Waals surface area contributed by atoms with Crippen molar-refractivity contribution in [2.24, 2.45) is 5.92 Å². The van der Waals surface area contributed by atoms with Crippen LogP contribution in [0, 0.1) is 12.8 Å². The summed E-state index contributed by atoms with van der Waals surface area (Å²) in [6.45, 7) is 4.69. The highest BCUT2D eigenvalue weighted by atomic mass is 32.1. The molecule has 165 valence electrons. The summed E-state index contributed by atoms with van der Waals surface area (Å²) >= 11 is 1.42. The lowest BCUT2D eigenvalue weighted by atomic mass is 9.85. The Morgan fingerprint density at radius 1 is 1.25 bits per heavy atom. The summed E-state index contributed by atoms with van der Waals surface area (Å²) in [6, 6.07) is 12.2. The number of carbonyl (C=O) groups is 1. The van der Waals surface area contributed by atoms with Crippen LogP contribution < -0.4 is 5.32 Å². The van der Waals surface area contributed by atoms with Crippen molar-refractivity contribution in [2.75, 3.05) is 11.9 Å². The van der Waals surface area contributed by atoms with Gasteiger partial charge in [-0.3, -0.25) is 4.79 Å². The van der Waals surface area contributed by atoms with E-state index >= 15 is 0 Å². The zero-order valence-corrected chi connectivity index (χ0v) is 18.6. The van der Waals surface area contributed by atoms with Gasteiger partial charge in [-0.05, 0) is 61.1 Å². The van der Waals surface area contributed by atoms with Crippen LogP contribution in [0.25, 0.3) is 0 Å². The van der Waals surface area contributed by atoms with E-state index in [0.29, 0.717) is 29.3 Å². The topological polar surface area (TPSA) is 84.3 Å². The standard InChI is InChI=1S/C25H26N3O3S/c1-16-10-19(12-21(16)29)28-24-20(13-26-15-27-24)23(30)22-11-18(14-32-22)25(8-5-9-31-25)17-6-3-2-4-7-17/h2-4,6-7,11,13-16,19,21,29H,1,5,8-10,12H2,(H,26,27,28)/t16-,19-,21+,25+/m1/s1. The van der Waals surface area contributed by atoms with Crippen molar-refractivity contribution in [1.82, 2.24) is 9.97 Å². The fraction of sp³-hybridized carbons (Fsp3) is 0.360. The Bertz CT molecular complexity index is 1080. The third kappa shape index (κ3) is 3.85. The van der Waals surface area contributed by atoms with Crippen LogP contribution in [0.5, 0.6) is 0 Å². The number of rotatable bonds is 6. The van der Waals surface area contributed by atoms with Crippen LogP contribution in [-0.2, 0) is 10.3 Å². The molecule has 3 heterocycles. The van der Waals surface area contributed by atoms with Gasteiger partial charge in [-0.1, -0.05) is 30.3 Å². The number of ketones is 1. The molecule has 7 heteroatoms. The van der Waals surface area contributed by atoms with Crippen LogP contribution in [-0.4, -0.2) is 39.6 Å². The fourth-order valence-electron chi connectivity index (χ4n) is 4.79. The summed E-state index contributed by atoms with van der Waals surface area (Å²) < 4.78 is 6.27.